The summed E-state index contributed by atoms with van der Waals surface area (Å²) in [5, 5.41) is 7.78. The van der Waals surface area contributed by atoms with E-state index in [-0.39, 0.29) is 5.84 Å². The monoisotopic (exact) mass is 268 g/mol. The molecule has 1 fully saturated rings. The summed E-state index contributed by atoms with van der Waals surface area (Å²) in [6.45, 7) is 1.48. The van der Waals surface area contributed by atoms with E-state index in [0.29, 0.717) is 29.0 Å². The molecule has 0 aliphatic carbocycles. The molecule has 0 radical (unpaired) electrons. The molecule has 1 aliphatic rings. The fourth-order valence-electron chi connectivity index (χ4n) is 1.98. The van der Waals surface area contributed by atoms with Crippen LogP contribution in [0, 0.1) is 5.41 Å². The standard InChI is InChI=1S/C13H17ClN2O2/c14-12-8-10(3-4-11(12)13(15)16)18-7-5-9-2-1-6-17-9/h3-4,8-9H,1-2,5-7H2,(H3,15,16). The maximum absolute atomic E-state index is 7.33. The Kier molecular flexibility index (Phi) is 4.44. The summed E-state index contributed by atoms with van der Waals surface area (Å²) >= 11 is 6.00. The molecule has 0 amide bonds. The molecule has 1 heterocycles. The summed E-state index contributed by atoms with van der Waals surface area (Å²) in [6, 6.07) is 5.16. The van der Waals surface area contributed by atoms with Gasteiger partial charge in [-0.2, -0.15) is 0 Å². The molecule has 1 atom stereocenters. The zero-order valence-corrected chi connectivity index (χ0v) is 10.9. The number of rotatable bonds is 5. The summed E-state index contributed by atoms with van der Waals surface area (Å²) in [6.07, 6.45) is 3.49. The van der Waals surface area contributed by atoms with Crippen molar-refractivity contribution >= 4 is 17.4 Å². The van der Waals surface area contributed by atoms with E-state index >= 15 is 0 Å². The van der Waals surface area contributed by atoms with E-state index in [1.165, 1.54) is 0 Å². The lowest BCUT2D eigenvalue weighted by Crippen LogP contribution is -2.12. The highest BCUT2D eigenvalue weighted by molar-refractivity contribution is 6.34. The summed E-state index contributed by atoms with van der Waals surface area (Å²) in [5.74, 6) is 0.661. The van der Waals surface area contributed by atoms with E-state index in [9.17, 15) is 0 Å². The predicted molar refractivity (Wildman–Crippen MR) is 71.6 cm³/mol. The van der Waals surface area contributed by atoms with Gasteiger partial charge in [0.1, 0.15) is 11.6 Å². The zero-order chi connectivity index (χ0) is 13.0. The number of nitrogens with two attached hydrogens (primary N) is 1. The molecule has 1 saturated heterocycles. The Balaban J connectivity index is 1.85. The van der Waals surface area contributed by atoms with Crippen LogP contribution in [0.5, 0.6) is 5.75 Å². The van der Waals surface area contributed by atoms with Crippen LogP contribution in [0.3, 0.4) is 0 Å². The highest BCUT2D eigenvalue weighted by Gasteiger charge is 2.15. The predicted octanol–water partition coefficient (Wildman–Crippen LogP) is 2.57. The quantitative estimate of drug-likeness (QED) is 0.637. The fraction of sp³-hybridized carbons (Fsp3) is 0.462. The SMILES string of the molecule is N=C(N)c1ccc(OCCC2CCCO2)cc1Cl. The molecule has 18 heavy (non-hydrogen) atoms. The molecule has 0 spiro atoms. The maximum atomic E-state index is 7.33. The van der Waals surface area contributed by atoms with Crippen molar-refractivity contribution in [2.24, 2.45) is 5.73 Å². The van der Waals surface area contributed by atoms with Crippen molar-refractivity contribution < 1.29 is 9.47 Å². The molecule has 1 aromatic carbocycles. The van der Waals surface area contributed by atoms with E-state index in [0.717, 1.165) is 25.9 Å². The van der Waals surface area contributed by atoms with Gasteiger partial charge in [-0.25, -0.2) is 0 Å². The molecular weight excluding hydrogens is 252 g/mol. The van der Waals surface area contributed by atoms with Gasteiger partial charge >= 0.3 is 0 Å². The Morgan fingerprint density at radius 2 is 2.39 bits per heavy atom. The Labute approximate surface area is 112 Å². The second-order valence-corrected chi connectivity index (χ2v) is 4.73. The number of hydrogen-bond donors (Lipinski definition) is 2. The lowest BCUT2D eigenvalue weighted by molar-refractivity contribution is 0.0903. The third-order valence-corrected chi connectivity index (χ3v) is 3.28. The Hall–Kier alpha value is -1.26. The Morgan fingerprint density at radius 1 is 1.56 bits per heavy atom. The maximum Gasteiger partial charge on any atom is 0.124 e. The minimum absolute atomic E-state index is 0.0362. The van der Waals surface area contributed by atoms with Crippen molar-refractivity contribution in [1.82, 2.24) is 0 Å². The first-order chi connectivity index (χ1) is 8.66. The van der Waals surface area contributed by atoms with Gasteiger partial charge in [0.15, 0.2) is 0 Å². The number of amidine groups is 1. The first kappa shape index (κ1) is 13.2. The molecule has 0 aromatic heterocycles. The smallest absolute Gasteiger partial charge is 0.124 e. The van der Waals surface area contributed by atoms with Crippen LogP contribution in [0.1, 0.15) is 24.8 Å². The van der Waals surface area contributed by atoms with Gasteiger partial charge in [0.2, 0.25) is 0 Å². The molecule has 0 saturated carbocycles. The molecule has 1 unspecified atom stereocenters. The van der Waals surface area contributed by atoms with E-state index in [1.807, 2.05) is 0 Å². The van der Waals surface area contributed by atoms with Gasteiger partial charge in [0, 0.05) is 18.6 Å². The first-order valence-electron chi connectivity index (χ1n) is 6.05. The van der Waals surface area contributed by atoms with Crippen LogP contribution in [0.4, 0.5) is 0 Å². The fourth-order valence-corrected chi connectivity index (χ4v) is 2.26. The molecule has 2 rings (SSSR count). The third kappa shape index (κ3) is 3.37. The molecule has 98 valence electrons. The zero-order valence-electron chi connectivity index (χ0n) is 10.1. The minimum Gasteiger partial charge on any atom is -0.493 e. The number of nitrogen functional groups attached to an aromatic ring is 1. The van der Waals surface area contributed by atoms with Crippen molar-refractivity contribution in [2.45, 2.75) is 25.4 Å². The van der Waals surface area contributed by atoms with Crippen molar-refractivity contribution in [3.8, 4) is 5.75 Å². The number of benzene rings is 1. The molecule has 1 aliphatic heterocycles. The van der Waals surface area contributed by atoms with Crippen LogP contribution in [0.25, 0.3) is 0 Å². The van der Waals surface area contributed by atoms with Crippen LogP contribution in [-0.4, -0.2) is 25.2 Å². The summed E-state index contributed by atoms with van der Waals surface area (Å²) in [5.41, 5.74) is 5.92. The first-order valence-corrected chi connectivity index (χ1v) is 6.43. The number of halogens is 1. The van der Waals surface area contributed by atoms with Gasteiger partial charge < -0.3 is 15.2 Å². The average molecular weight is 269 g/mol. The van der Waals surface area contributed by atoms with Crippen LogP contribution in [-0.2, 0) is 4.74 Å². The van der Waals surface area contributed by atoms with Gasteiger partial charge in [-0.05, 0) is 31.0 Å². The molecule has 0 bridgehead atoms. The second-order valence-electron chi connectivity index (χ2n) is 4.33. The molecule has 1 aromatic rings. The van der Waals surface area contributed by atoms with Gasteiger partial charge in [-0.15, -0.1) is 0 Å². The average Bonchev–Trinajstić information content (AvgIpc) is 2.81. The molecule has 4 nitrogen and oxygen atoms in total. The normalized spacial score (nSPS) is 18.8. The van der Waals surface area contributed by atoms with Crippen molar-refractivity contribution in [1.29, 1.82) is 5.41 Å². The van der Waals surface area contributed by atoms with Gasteiger partial charge in [0.05, 0.1) is 17.7 Å². The van der Waals surface area contributed by atoms with E-state index in [4.69, 9.17) is 32.2 Å². The summed E-state index contributed by atoms with van der Waals surface area (Å²) in [7, 11) is 0. The van der Waals surface area contributed by atoms with Gasteiger partial charge in [-0.3, -0.25) is 5.41 Å². The second kappa shape index (κ2) is 6.07. The van der Waals surface area contributed by atoms with Crippen LogP contribution in [0.2, 0.25) is 5.02 Å². The largest absolute Gasteiger partial charge is 0.493 e. The summed E-state index contributed by atoms with van der Waals surface area (Å²) < 4.78 is 11.1. The van der Waals surface area contributed by atoms with Crippen LogP contribution >= 0.6 is 11.6 Å². The Morgan fingerprint density at radius 3 is 3.00 bits per heavy atom. The van der Waals surface area contributed by atoms with Gasteiger partial charge in [0.25, 0.3) is 0 Å². The number of nitrogens with one attached hydrogen (secondary N) is 1. The third-order valence-electron chi connectivity index (χ3n) is 2.96. The molecule has 5 heteroatoms. The van der Waals surface area contributed by atoms with Crippen molar-refractivity contribution in [3.63, 3.8) is 0 Å². The van der Waals surface area contributed by atoms with Crippen LogP contribution < -0.4 is 10.5 Å². The van der Waals surface area contributed by atoms with Crippen molar-refractivity contribution in [2.75, 3.05) is 13.2 Å². The lowest BCUT2D eigenvalue weighted by Gasteiger charge is -2.11. The van der Waals surface area contributed by atoms with E-state index in [2.05, 4.69) is 0 Å². The number of hydrogen-bond acceptors (Lipinski definition) is 3. The van der Waals surface area contributed by atoms with Crippen molar-refractivity contribution in [3.05, 3.63) is 28.8 Å². The summed E-state index contributed by atoms with van der Waals surface area (Å²) in [4.78, 5) is 0. The molecular formula is C13H17ClN2O2. The topological polar surface area (TPSA) is 68.3 Å². The number of ether oxygens (including phenoxy) is 2. The van der Waals surface area contributed by atoms with Crippen LogP contribution in [0.15, 0.2) is 18.2 Å². The highest BCUT2D eigenvalue weighted by Crippen LogP contribution is 2.23. The van der Waals surface area contributed by atoms with E-state index < -0.39 is 0 Å². The highest BCUT2D eigenvalue weighted by atomic mass is 35.5. The minimum atomic E-state index is -0.0362. The lowest BCUT2D eigenvalue weighted by atomic mass is 10.2. The van der Waals surface area contributed by atoms with Gasteiger partial charge in [-0.1, -0.05) is 11.6 Å². The van der Waals surface area contributed by atoms with E-state index in [1.54, 1.807) is 18.2 Å². The Bertz CT molecular complexity index is 431. The molecule has 3 N–H and O–H groups in total.